The van der Waals surface area contributed by atoms with E-state index in [0.29, 0.717) is 30.2 Å². The lowest BCUT2D eigenvalue weighted by Gasteiger charge is -2.27. The summed E-state index contributed by atoms with van der Waals surface area (Å²) in [5.74, 6) is 0.380. The minimum atomic E-state index is -0.744. The predicted molar refractivity (Wildman–Crippen MR) is 82.5 cm³/mol. The quantitative estimate of drug-likeness (QED) is 0.884. The number of aromatic nitrogens is 2. The maximum Gasteiger partial charge on any atom is 0.247 e. The van der Waals surface area contributed by atoms with Crippen molar-refractivity contribution in [2.24, 2.45) is 0 Å². The number of carbonyl (C=O) groups is 1. The Morgan fingerprint density at radius 3 is 2.78 bits per heavy atom. The van der Waals surface area contributed by atoms with Gasteiger partial charge in [-0.05, 0) is 38.1 Å². The summed E-state index contributed by atoms with van der Waals surface area (Å²) < 4.78 is 5.26. The highest BCUT2D eigenvalue weighted by Crippen LogP contribution is 2.31. The summed E-state index contributed by atoms with van der Waals surface area (Å²) in [6.07, 6.45) is 1.26. The number of anilines is 1. The molecular formula is C16H17N5O2. The highest BCUT2D eigenvalue weighted by Gasteiger charge is 2.39. The van der Waals surface area contributed by atoms with E-state index in [1.807, 2.05) is 18.2 Å². The van der Waals surface area contributed by atoms with Gasteiger partial charge in [0.15, 0.2) is 5.82 Å². The van der Waals surface area contributed by atoms with E-state index in [1.165, 1.54) is 0 Å². The van der Waals surface area contributed by atoms with E-state index in [1.54, 1.807) is 12.1 Å². The zero-order chi connectivity index (χ0) is 16.1. The van der Waals surface area contributed by atoms with Crippen LogP contribution < -0.4 is 10.6 Å². The molecule has 0 spiro atoms. The van der Waals surface area contributed by atoms with Crippen LogP contribution in [0.25, 0.3) is 0 Å². The maximum absolute atomic E-state index is 12.0. The number of benzene rings is 1. The summed E-state index contributed by atoms with van der Waals surface area (Å²) in [7, 11) is 0. The van der Waals surface area contributed by atoms with Crippen LogP contribution in [0.2, 0.25) is 0 Å². The molecule has 0 atom stereocenters. The van der Waals surface area contributed by atoms with E-state index in [0.717, 1.165) is 13.1 Å². The number of piperidine rings is 1. The molecule has 2 aromatic rings. The molecule has 0 radical (unpaired) electrons. The van der Waals surface area contributed by atoms with Crippen LogP contribution in [-0.4, -0.2) is 29.1 Å². The fourth-order valence-corrected chi connectivity index (χ4v) is 2.62. The topological polar surface area (TPSA) is 104 Å². The molecule has 1 fully saturated rings. The smallest absolute Gasteiger partial charge is 0.247 e. The first-order chi connectivity index (χ1) is 11.2. The number of amides is 1. The van der Waals surface area contributed by atoms with Gasteiger partial charge < -0.3 is 15.2 Å². The molecule has 118 valence electrons. The predicted octanol–water partition coefficient (Wildman–Crippen LogP) is 1.40. The average molecular weight is 311 g/mol. The van der Waals surface area contributed by atoms with Gasteiger partial charge in [0.05, 0.1) is 12.5 Å². The lowest BCUT2D eigenvalue weighted by Crippen LogP contribution is -2.39. The Labute approximate surface area is 133 Å². The molecule has 1 aliphatic heterocycles. The second-order valence-corrected chi connectivity index (χ2v) is 5.55. The van der Waals surface area contributed by atoms with Crippen molar-refractivity contribution < 1.29 is 9.32 Å². The van der Waals surface area contributed by atoms with E-state index in [9.17, 15) is 10.1 Å². The van der Waals surface area contributed by atoms with Crippen molar-refractivity contribution in [1.82, 2.24) is 15.5 Å². The van der Waals surface area contributed by atoms with Gasteiger partial charge in [-0.3, -0.25) is 4.79 Å². The molecule has 1 aliphatic rings. The highest BCUT2D eigenvalue weighted by molar-refractivity contribution is 5.91. The molecule has 2 heterocycles. The normalized spacial score (nSPS) is 16.5. The number of rotatable bonds is 4. The standard InChI is InChI=1S/C16H17N5O2/c17-11-16(6-8-18-9-7-16)15-20-13(21-23-15)10-14(22)19-12-4-2-1-3-5-12/h1-5,18H,6-10H2,(H,19,22). The van der Waals surface area contributed by atoms with Crippen molar-refractivity contribution in [3.05, 3.63) is 42.0 Å². The Morgan fingerprint density at radius 1 is 1.35 bits per heavy atom. The van der Waals surface area contributed by atoms with Crippen molar-refractivity contribution in [3.8, 4) is 6.07 Å². The molecule has 1 aromatic heterocycles. The number of hydrogen-bond acceptors (Lipinski definition) is 6. The van der Waals surface area contributed by atoms with Crippen LogP contribution in [0.5, 0.6) is 0 Å². The third kappa shape index (κ3) is 3.38. The molecule has 23 heavy (non-hydrogen) atoms. The molecule has 2 N–H and O–H groups in total. The number of nitrogens with one attached hydrogen (secondary N) is 2. The molecule has 0 bridgehead atoms. The van der Waals surface area contributed by atoms with Gasteiger partial charge >= 0.3 is 0 Å². The van der Waals surface area contributed by atoms with Gasteiger partial charge in [0, 0.05) is 5.69 Å². The molecule has 0 unspecified atom stereocenters. The molecule has 7 heteroatoms. The Kier molecular flexibility index (Phi) is 4.35. The second kappa shape index (κ2) is 6.58. The Bertz CT molecular complexity index is 714. The summed E-state index contributed by atoms with van der Waals surface area (Å²) in [5, 5.41) is 19.3. The van der Waals surface area contributed by atoms with Crippen molar-refractivity contribution in [2.75, 3.05) is 18.4 Å². The Hall–Kier alpha value is -2.72. The summed E-state index contributed by atoms with van der Waals surface area (Å²) >= 11 is 0. The molecule has 0 saturated carbocycles. The first-order valence-electron chi connectivity index (χ1n) is 7.52. The number of carbonyl (C=O) groups excluding carboxylic acids is 1. The van der Waals surface area contributed by atoms with E-state index in [4.69, 9.17) is 4.52 Å². The lowest BCUT2D eigenvalue weighted by molar-refractivity contribution is -0.115. The van der Waals surface area contributed by atoms with Crippen LogP contribution >= 0.6 is 0 Å². The van der Waals surface area contributed by atoms with Gasteiger partial charge in [-0.2, -0.15) is 10.2 Å². The zero-order valence-electron chi connectivity index (χ0n) is 12.6. The Balaban J connectivity index is 1.67. The van der Waals surface area contributed by atoms with Crippen LogP contribution in [0.4, 0.5) is 5.69 Å². The lowest BCUT2D eigenvalue weighted by atomic mass is 9.80. The third-order valence-corrected chi connectivity index (χ3v) is 3.92. The molecule has 1 saturated heterocycles. The number of para-hydroxylation sites is 1. The van der Waals surface area contributed by atoms with Gasteiger partial charge in [0.1, 0.15) is 5.41 Å². The maximum atomic E-state index is 12.0. The zero-order valence-corrected chi connectivity index (χ0v) is 12.6. The first-order valence-corrected chi connectivity index (χ1v) is 7.52. The molecule has 1 amide bonds. The SMILES string of the molecule is N#CC1(c2nc(CC(=O)Nc3ccccc3)no2)CCNCC1. The largest absolute Gasteiger partial charge is 0.338 e. The second-order valence-electron chi connectivity index (χ2n) is 5.55. The van der Waals surface area contributed by atoms with E-state index >= 15 is 0 Å². The minimum Gasteiger partial charge on any atom is -0.338 e. The minimum absolute atomic E-state index is 0.0121. The molecule has 0 aliphatic carbocycles. The van der Waals surface area contributed by atoms with E-state index < -0.39 is 5.41 Å². The third-order valence-electron chi connectivity index (χ3n) is 3.92. The van der Waals surface area contributed by atoms with Gasteiger partial charge in [0.25, 0.3) is 0 Å². The van der Waals surface area contributed by atoms with Crippen molar-refractivity contribution >= 4 is 11.6 Å². The van der Waals surface area contributed by atoms with Crippen LogP contribution in [0.15, 0.2) is 34.9 Å². The van der Waals surface area contributed by atoms with Gasteiger partial charge in [0.2, 0.25) is 11.8 Å². The fraction of sp³-hybridized carbons (Fsp3) is 0.375. The molecule has 3 rings (SSSR count). The summed E-state index contributed by atoms with van der Waals surface area (Å²) in [6, 6.07) is 11.5. The Morgan fingerprint density at radius 2 is 2.09 bits per heavy atom. The fourth-order valence-electron chi connectivity index (χ4n) is 2.62. The van der Waals surface area contributed by atoms with Crippen molar-refractivity contribution in [1.29, 1.82) is 5.26 Å². The number of nitrogens with zero attached hydrogens (tertiary/aromatic N) is 3. The highest BCUT2D eigenvalue weighted by atomic mass is 16.5. The van der Waals surface area contributed by atoms with Gasteiger partial charge in [-0.15, -0.1) is 0 Å². The van der Waals surface area contributed by atoms with E-state index in [-0.39, 0.29) is 12.3 Å². The molecular weight excluding hydrogens is 294 g/mol. The summed E-state index contributed by atoms with van der Waals surface area (Å²) in [6.45, 7) is 1.47. The van der Waals surface area contributed by atoms with E-state index in [2.05, 4.69) is 26.8 Å². The van der Waals surface area contributed by atoms with Crippen molar-refractivity contribution in [2.45, 2.75) is 24.7 Å². The van der Waals surface area contributed by atoms with Crippen LogP contribution in [-0.2, 0) is 16.6 Å². The monoisotopic (exact) mass is 311 g/mol. The van der Waals surface area contributed by atoms with Crippen LogP contribution in [0.3, 0.4) is 0 Å². The number of nitriles is 1. The summed E-state index contributed by atoms with van der Waals surface area (Å²) in [5.41, 5.74) is -0.0278. The van der Waals surface area contributed by atoms with Crippen LogP contribution in [0.1, 0.15) is 24.6 Å². The van der Waals surface area contributed by atoms with Gasteiger partial charge in [-0.25, -0.2) is 0 Å². The summed E-state index contributed by atoms with van der Waals surface area (Å²) in [4.78, 5) is 16.3. The average Bonchev–Trinajstić information content (AvgIpc) is 3.05. The first kappa shape index (κ1) is 15.2. The molecule has 7 nitrogen and oxygen atoms in total. The van der Waals surface area contributed by atoms with Crippen molar-refractivity contribution in [3.63, 3.8) is 0 Å². The molecule has 1 aromatic carbocycles. The number of hydrogen-bond donors (Lipinski definition) is 2. The van der Waals surface area contributed by atoms with Gasteiger partial charge in [-0.1, -0.05) is 23.4 Å². The van der Waals surface area contributed by atoms with Crippen LogP contribution in [0, 0.1) is 11.3 Å².